The zero-order valence-electron chi connectivity index (χ0n) is 15.8. The Balaban J connectivity index is 2.44. The predicted octanol–water partition coefficient (Wildman–Crippen LogP) is 5.60. The van der Waals surface area contributed by atoms with Crippen molar-refractivity contribution < 1.29 is 9.53 Å². The van der Waals surface area contributed by atoms with E-state index in [-0.39, 0.29) is 16.6 Å². The van der Waals surface area contributed by atoms with Gasteiger partial charge in [0.2, 0.25) is 0 Å². The fourth-order valence-electron chi connectivity index (χ4n) is 2.71. The molecule has 0 aromatic heterocycles. The third-order valence-corrected chi connectivity index (χ3v) is 4.21. The summed E-state index contributed by atoms with van der Waals surface area (Å²) in [6.45, 7) is 12.7. The van der Waals surface area contributed by atoms with E-state index in [2.05, 4.69) is 47.6 Å². The minimum absolute atomic E-state index is 0.0360. The second-order valence-corrected chi connectivity index (χ2v) is 8.29. The Bertz CT molecular complexity index is 685. The van der Waals surface area contributed by atoms with E-state index in [9.17, 15) is 4.79 Å². The van der Waals surface area contributed by atoms with Gasteiger partial charge in [-0.2, -0.15) is 0 Å². The normalized spacial score (nSPS) is 18.8. The van der Waals surface area contributed by atoms with Crippen LogP contribution < -0.4 is 4.74 Å². The Kier molecular flexibility index (Phi) is 4.93. The summed E-state index contributed by atoms with van der Waals surface area (Å²) in [5, 5.41) is 4.71. The predicted molar refractivity (Wildman–Crippen MR) is 99.9 cm³/mol. The summed E-state index contributed by atoms with van der Waals surface area (Å²) in [5.41, 5.74) is 2.44. The lowest BCUT2D eigenvalue weighted by molar-refractivity contribution is -0.116. The number of methoxy groups -OCH3 is 1. The Morgan fingerprint density at radius 1 is 1.00 bits per heavy atom. The van der Waals surface area contributed by atoms with E-state index >= 15 is 0 Å². The summed E-state index contributed by atoms with van der Waals surface area (Å²) in [5.74, 6) is 0.754. The molecule has 3 nitrogen and oxygen atoms in total. The first-order valence-electron chi connectivity index (χ1n) is 8.36. The summed E-state index contributed by atoms with van der Waals surface area (Å²) < 4.78 is 5.37. The number of benzene rings is 1. The molecule has 1 aliphatic rings. The topological polar surface area (TPSA) is 40.4 Å². The van der Waals surface area contributed by atoms with Gasteiger partial charge in [0, 0.05) is 0 Å². The second kappa shape index (κ2) is 6.46. The maximum Gasteiger partial charge on any atom is 0.148 e. The molecule has 0 N–H and O–H groups in total. The molecule has 0 aliphatic heterocycles. The molecule has 130 valence electrons. The number of ketones is 1. The van der Waals surface area contributed by atoms with Gasteiger partial charge in [-0.3, -0.25) is 4.79 Å². The van der Waals surface area contributed by atoms with Crippen LogP contribution in [0, 0.1) is 10.8 Å². The van der Waals surface area contributed by atoms with Gasteiger partial charge in [-0.25, -0.2) is 0 Å². The van der Waals surface area contributed by atoms with Gasteiger partial charge in [0.25, 0.3) is 0 Å². The molecular formula is C21H28NO2-. The van der Waals surface area contributed by atoms with E-state index in [1.807, 2.05) is 30.3 Å². The maximum atomic E-state index is 13.0. The highest BCUT2D eigenvalue weighted by molar-refractivity contribution is 6.06. The van der Waals surface area contributed by atoms with Crippen molar-refractivity contribution in [3.05, 3.63) is 52.9 Å². The highest BCUT2D eigenvalue weighted by Crippen LogP contribution is 2.41. The van der Waals surface area contributed by atoms with Gasteiger partial charge in [0.05, 0.1) is 7.11 Å². The fraction of sp³-hybridized carbons (Fsp3) is 0.476. The van der Waals surface area contributed by atoms with E-state index in [1.165, 1.54) is 0 Å². The van der Waals surface area contributed by atoms with Crippen molar-refractivity contribution in [1.82, 2.24) is 0 Å². The Hall–Kier alpha value is -2.03. The number of allylic oxidation sites excluding steroid dienone is 2. The van der Waals surface area contributed by atoms with Crippen molar-refractivity contribution in [3.63, 3.8) is 0 Å². The van der Waals surface area contributed by atoms with Crippen LogP contribution >= 0.6 is 0 Å². The standard InChI is InChI=1S/C21H28NO2/c1-20(2,3)14-12-15(21(4,5)6)19(23)17(13-14)22-16-10-8-9-11-18(16)24-7/h8-13,17H,1-7H3/q-1. The molecule has 0 spiro atoms. The first kappa shape index (κ1) is 18.3. The summed E-state index contributed by atoms with van der Waals surface area (Å²) in [6, 6.07) is 7.04. The summed E-state index contributed by atoms with van der Waals surface area (Å²) in [7, 11) is 1.62. The van der Waals surface area contributed by atoms with Gasteiger partial charge in [-0.15, -0.1) is 0 Å². The third-order valence-electron chi connectivity index (χ3n) is 4.21. The molecule has 1 unspecified atom stereocenters. The van der Waals surface area contributed by atoms with Crippen LogP contribution in [0.3, 0.4) is 0 Å². The minimum atomic E-state index is -0.505. The smallest absolute Gasteiger partial charge is 0.148 e. The van der Waals surface area contributed by atoms with Gasteiger partial charge in [-0.05, 0) is 34.1 Å². The Labute approximate surface area is 145 Å². The van der Waals surface area contributed by atoms with Crippen molar-refractivity contribution in [1.29, 1.82) is 0 Å². The molecule has 1 aromatic carbocycles. The molecule has 1 aromatic rings. The van der Waals surface area contributed by atoms with Crippen LogP contribution in [0.1, 0.15) is 41.5 Å². The molecule has 2 rings (SSSR count). The summed E-state index contributed by atoms with van der Waals surface area (Å²) in [6.07, 6.45) is 4.04. The van der Waals surface area contributed by atoms with Gasteiger partial charge >= 0.3 is 0 Å². The monoisotopic (exact) mass is 326 g/mol. The van der Waals surface area contributed by atoms with Crippen molar-refractivity contribution in [3.8, 4) is 5.75 Å². The molecule has 1 aliphatic carbocycles. The van der Waals surface area contributed by atoms with Crippen LogP contribution in [-0.2, 0) is 4.79 Å². The van der Waals surface area contributed by atoms with Crippen LogP contribution in [0.15, 0.2) is 47.6 Å². The van der Waals surface area contributed by atoms with Crippen LogP contribution in [0.2, 0.25) is 0 Å². The van der Waals surface area contributed by atoms with E-state index in [0.717, 1.165) is 11.1 Å². The molecule has 24 heavy (non-hydrogen) atoms. The van der Waals surface area contributed by atoms with Crippen molar-refractivity contribution in [2.24, 2.45) is 10.8 Å². The molecule has 0 bridgehead atoms. The number of hydrogen-bond donors (Lipinski definition) is 0. The van der Waals surface area contributed by atoms with Crippen molar-refractivity contribution in [2.75, 3.05) is 7.11 Å². The van der Waals surface area contributed by atoms with Crippen LogP contribution in [-0.4, -0.2) is 18.9 Å². The minimum Gasteiger partial charge on any atom is -0.669 e. The zero-order chi connectivity index (χ0) is 18.1. The highest BCUT2D eigenvalue weighted by Gasteiger charge is 2.31. The average molecular weight is 326 g/mol. The number of carbonyl (C=O) groups is 1. The molecule has 3 heteroatoms. The molecule has 1 atom stereocenters. The number of Topliss-reactive ketones (excluding diaryl/α,β-unsaturated/α-hetero) is 1. The van der Waals surface area contributed by atoms with Crippen LogP contribution in [0.4, 0.5) is 5.69 Å². The molecule has 0 radical (unpaired) electrons. The summed E-state index contributed by atoms with van der Waals surface area (Å²) in [4.78, 5) is 13.0. The Morgan fingerprint density at radius 3 is 2.17 bits per heavy atom. The van der Waals surface area contributed by atoms with E-state index in [0.29, 0.717) is 11.4 Å². The zero-order valence-corrected chi connectivity index (χ0v) is 15.8. The fourth-order valence-corrected chi connectivity index (χ4v) is 2.71. The lowest BCUT2D eigenvalue weighted by Crippen LogP contribution is -2.31. The van der Waals surface area contributed by atoms with E-state index in [4.69, 9.17) is 10.1 Å². The molecule has 0 heterocycles. The lowest BCUT2D eigenvalue weighted by Gasteiger charge is -2.39. The van der Waals surface area contributed by atoms with Gasteiger partial charge in [0.1, 0.15) is 11.5 Å². The summed E-state index contributed by atoms with van der Waals surface area (Å²) >= 11 is 0. The number of ether oxygens (including phenoxy) is 1. The first-order valence-corrected chi connectivity index (χ1v) is 8.36. The first-order chi connectivity index (χ1) is 11.0. The van der Waals surface area contributed by atoms with Gasteiger partial charge in [-0.1, -0.05) is 77.6 Å². The number of rotatable bonds is 3. The van der Waals surface area contributed by atoms with Gasteiger partial charge in [0.15, 0.2) is 0 Å². The quantitative estimate of drug-likeness (QED) is 0.725. The molecule has 0 saturated heterocycles. The number of carbonyl (C=O) groups excluding carboxylic acids is 1. The largest absolute Gasteiger partial charge is 0.669 e. The number of para-hydroxylation sites is 2. The van der Waals surface area contributed by atoms with Gasteiger partial charge < -0.3 is 10.1 Å². The molecular weight excluding hydrogens is 298 g/mol. The SMILES string of the molecule is COc1ccccc1[N-]C1C=C(C(C)(C)C)C=C(C(C)(C)C)C1=O. The van der Waals surface area contributed by atoms with E-state index < -0.39 is 6.04 Å². The maximum absolute atomic E-state index is 13.0. The highest BCUT2D eigenvalue weighted by atomic mass is 16.5. The molecule has 0 amide bonds. The molecule has 0 saturated carbocycles. The third kappa shape index (κ3) is 3.89. The Morgan fingerprint density at radius 2 is 1.62 bits per heavy atom. The van der Waals surface area contributed by atoms with Crippen LogP contribution in [0.25, 0.3) is 5.32 Å². The van der Waals surface area contributed by atoms with Crippen molar-refractivity contribution in [2.45, 2.75) is 47.6 Å². The van der Waals surface area contributed by atoms with Crippen LogP contribution in [0.5, 0.6) is 5.75 Å². The number of hydrogen-bond acceptors (Lipinski definition) is 2. The lowest BCUT2D eigenvalue weighted by atomic mass is 9.73. The van der Waals surface area contributed by atoms with Crippen molar-refractivity contribution >= 4 is 11.5 Å². The number of nitrogens with zero attached hydrogens (tertiary/aromatic N) is 1. The average Bonchev–Trinajstić information content (AvgIpc) is 2.47. The van der Waals surface area contributed by atoms with E-state index in [1.54, 1.807) is 7.11 Å². The second-order valence-electron chi connectivity index (χ2n) is 8.29. The molecule has 0 fully saturated rings.